The van der Waals surface area contributed by atoms with Gasteiger partial charge in [0.1, 0.15) is 5.52 Å². The molecule has 264 valence electrons. The maximum atomic E-state index is 13.5. The SMILES string of the molecule is O=C(CCCCNC(=O)C(CS(=O)(=O)Cc1ccccc1C(F)(F)F)CS(=O)(=O)Cc1ccccc1C(F)(F)F)c1nc2ccccc2o1. The molecular weight excluding hydrogens is 702 g/mol. The fraction of sp³-hybridized carbons (Fsp3) is 0.344. The number of carbonyl (C=O) groups is 2. The molecule has 49 heavy (non-hydrogen) atoms. The van der Waals surface area contributed by atoms with E-state index in [-0.39, 0.29) is 31.7 Å². The summed E-state index contributed by atoms with van der Waals surface area (Å²) in [6.45, 7) is -0.149. The minimum absolute atomic E-state index is 0.0356. The van der Waals surface area contributed by atoms with Crippen molar-refractivity contribution in [2.45, 2.75) is 43.1 Å². The van der Waals surface area contributed by atoms with Crippen LogP contribution in [0.5, 0.6) is 0 Å². The molecule has 1 N–H and O–H groups in total. The molecule has 9 nitrogen and oxygen atoms in total. The third kappa shape index (κ3) is 10.6. The van der Waals surface area contributed by atoms with E-state index in [2.05, 4.69) is 10.3 Å². The molecule has 1 heterocycles. The van der Waals surface area contributed by atoms with Crippen LogP contribution in [0.3, 0.4) is 0 Å². The Morgan fingerprint density at radius 2 is 1.20 bits per heavy atom. The van der Waals surface area contributed by atoms with Crippen molar-refractivity contribution in [2.24, 2.45) is 5.92 Å². The molecule has 4 aromatic rings. The number of nitrogens with zero attached hydrogens (tertiary/aromatic N) is 1. The lowest BCUT2D eigenvalue weighted by Crippen LogP contribution is -2.39. The number of ketones is 1. The number of fused-ring (bicyclic) bond motifs is 1. The Labute approximate surface area is 277 Å². The van der Waals surface area contributed by atoms with Crippen molar-refractivity contribution in [3.8, 4) is 0 Å². The lowest BCUT2D eigenvalue weighted by molar-refractivity contribution is -0.138. The highest BCUT2D eigenvalue weighted by atomic mass is 32.2. The molecule has 1 aromatic heterocycles. The quantitative estimate of drug-likeness (QED) is 0.0869. The lowest BCUT2D eigenvalue weighted by Gasteiger charge is -2.19. The second kappa shape index (κ2) is 15.1. The van der Waals surface area contributed by atoms with Gasteiger partial charge in [-0.3, -0.25) is 9.59 Å². The van der Waals surface area contributed by atoms with Gasteiger partial charge in [-0.05, 0) is 48.2 Å². The summed E-state index contributed by atoms with van der Waals surface area (Å²) in [5.41, 5.74) is -2.82. The maximum Gasteiger partial charge on any atom is 0.416 e. The van der Waals surface area contributed by atoms with Gasteiger partial charge in [0.15, 0.2) is 25.3 Å². The minimum atomic E-state index is -4.90. The number of alkyl halides is 6. The van der Waals surface area contributed by atoms with E-state index in [1.807, 2.05) is 0 Å². The first-order valence-corrected chi connectivity index (χ1v) is 18.4. The van der Waals surface area contributed by atoms with Crippen LogP contribution in [0.1, 0.15) is 52.2 Å². The molecule has 0 spiro atoms. The Hall–Kier alpha value is -4.25. The smallest absolute Gasteiger partial charge is 0.416 e. The van der Waals surface area contributed by atoms with Crippen molar-refractivity contribution in [3.05, 3.63) is 101 Å². The number of Topliss-reactive ketones (excluding diaryl/α,β-unsaturated/α-hetero) is 1. The van der Waals surface area contributed by atoms with Crippen LogP contribution >= 0.6 is 0 Å². The number of hydrogen-bond acceptors (Lipinski definition) is 8. The molecule has 0 fully saturated rings. The number of para-hydroxylation sites is 2. The first-order chi connectivity index (χ1) is 22.8. The Balaban J connectivity index is 1.46. The predicted molar refractivity (Wildman–Crippen MR) is 167 cm³/mol. The Kier molecular flexibility index (Phi) is 11.6. The van der Waals surface area contributed by atoms with Gasteiger partial charge in [-0.1, -0.05) is 48.5 Å². The van der Waals surface area contributed by atoms with Crippen LogP contribution in [0.25, 0.3) is 11.1 Å². The fourth-order valence-electron chi connectivity index (χ4n) is 5.11. The highest BCUT2D eigenvalue weighted by Crippen LogP contribution is 2.34. The van der Waals surface area contributed by atoms with E-state index >= 15 is 0 Å². The van der Waals surface area contributed by atoms with Gasteiger partial charge in [0.2, 0.25) is 11.7 Å². The highest BCUT2D eigenvalue weighted by molar-refractivity contribution is 7.91. The third-order valence-electron chi connectivity index (χ3n) is 7.34. The van der Waals surface area contributed by atoms with E-state index in [4.69, 9.17) is 4.42 Å². The van der Waals surface area contributed by atoms with Gasteiger partial charge in [0.25, 0.3) is 5.89 Å². The van der Waals surface area contributed by atoms with E-state index in [1.54, 1.807) is 24.3 Å². The number of sulfone groups is 2. The standard InChI is InChI=1S/C32H30F6N2O7S2/c33-31(34,35)24-11-3-1-9-21(24)17-48(43,44)19-23(20-49(45,46)18-22-10-2-4-12-25(22)32(36,37)38)29(42)39-16-8-7-14-27(41)30-40-26-13-5-6-15-28(26)47-30/h1-6,9-13,15,23H,7-8,14,16-20H2,(H,39,42). The molecule has 0 saturated heterocycles. The first kappa shape index (κ1) is 37.6. The largest absolute Gasteiger partial charge is 0.434 e. The number of benzene rings is 3. The van der Waals surface area contributed by atoms with Gasteiger partial charge in [-0.15, -0.1) is 0 Å². The van der Waals surface area contributed by atoms with Crippen LogP contribution in [-0.4, -0.2) is 51.6 Å². The van der Waals surface area contributed by atoms with Gasteiger partial charge < -0.3 is 9.73 Å². The number of oxazole rings is 1. The number of carbonyl (C=O) groups excluding carboxylic acids is 2. The number of rotatable bonds is 15. The van der Waals surface area contributed by atoms with Crippen molar-refractivity contribution in [3.63, 3.8) is 0 Å². The van der Waals surface area contributed by atoms with Crippen molar-refractivity contribution in [2.75, 3.05) is 18.1 Å². The van der Waals surface area contributed by atoms with E-state index < -0.39 is 94.9 Å². The first-order valence-electron chi connectivity index (χ1n) is 14.7. The summed E-state index contributed by atoms with van der Waals surface area (Å²) in [5.74, 6) is -8.28. The summed E-state index contributed by atoms with van der Waals surface area (Å²) >= 11 is 0. The topological polar surface area (TPSA) is 140 Å². The zero-order valence-electron chi connectivity index (χ0n) is 25.6. The fourth-order valence-corrected chi connectivity index (χ4v) is 8.72. The lowest BCUT2D eigenvalue weighted by atomic mass is 10.1. The van der Waals surface area contributed by atoms with Crippen LogP contribution in [0, 0.1) is 5.92 Å². The molecule has 3 aromatic carbocycles. The zero-order chi connectivity index (χ0) is 36.0. The number of unbranched alkanes of at least 4 members (excludes halogenated alkanes) is 1. The maximum absolute atomic E-state index is 13.5. The number of amides is 1. The Morgan fingerprint density at radius 1 is 0.714 bits per heavy atom. The molecular formula is C32H30F6N2O7S2. The van der Waals surface area contributed by atoms with Crippen LogP contribution in [0.15, 0.2) is 77.2 Å². The number of aromatic nitrogens is 1. The molecule has 0 bridgehead atoms. The molecule has 17 heteroatoms. The average molecular weight is 733 g/mol. The Morgan fingerprint density at radius 3 is 1.71 bits per heavy atom. The minimum Gasteiger partial charge on any atom is -0.434 e. The van der Waals surface area contributed by atoms with Crippen LogP contribution < -0.4 is 5.32 Å². The number of hydrogen-bond donors (Lipinski definition) is 1. The summed E-state index contributed by atoms with van der Waals surface area (Å²) in [5, 5.41) is 2.38. The van der Waals surface area contributed by atoms with E-state index in [9.17, 15) is 52.8 Å². The molecule has 0 aliphatic heterocycles. The van der Waals surface area contributed by atoms with E-state index in [1.165, 1.54) is 12.1 Å². The third-order valence-corrected chi connectivity index (χ3v) is 10.7. The van der Waals surface area contributed by atoms with Crippen molar-refractivity contribution in [1.82, 2.24) is 10.3 Å². The second-order valence-electron chi connectivity index (χ2n) is 11.3. The van der Waals surface area contributed by atoms with Gasteiger partial charge in [0, 0.05) is 13.0 Å². The van der Waals surface area contributed by atoms with Crippen LogP contribution in [-0.2, 0) is 48.3 Å². The van der Waals surface area contributed by atoms with Gasteiger partial charge in [-0.2, -0.15) is 26.3 Å². The van der Waals surface area contributed by atoms with E-state index in [0.717, 1.165) is 24.3 Å². The van der Waals surface area contributed by atoms with Crippen molar-refractivity contribution < 1.29 is 57.2 Å². The molecule has 0 atom stereocenters. The average Bonchev–Trinajstić information content (AvgIpc) is 3.44. The predicted octanol–water partition coefficient (Wildman–Crippen LogP) is 6.18. The second-order valence-corrected chi connectivity index (χ2v) is 15.5. The van der Waals surface area contributed by atoms with Crippen LogP contribution in [0.4, 0.5) is 26.3 Å². The molecule has 1 amide bonds. The summed E-state index contributed by atoms with van der Waals surface area (Å²) in [6.07, 6.45) is -9.46. The van der Waals surface area contributed by atoms with Crippen molar-refractivity contribution >= 4 is 42.5 Å². The summed E-state index contributed by atoms with van der Waals surface area (Å²) < 4.78 is 139. The normalized spacial score (nSPS) is 12.8. The van der Waals surface area contributed by atoms with Crippen LogP contribution in [0.2, 0.25) is 0 Å². The summed E-state index contributed by atoms with van der Waals surface area (Å²) in [7, 11) is -9.19. The monoisotopic (exact) mass is 732 g/mol. The van der Waals surface area contributed by atoms with Gasteiger partial charge in [-0.25, -0.2) is 21.8 Å². The molecule has 0 aliphatic carbocycles. The van der Waals surface area contributed by atoms with Gasteiger partial charge >= 0.3 is 12.4 Å². The molecule has 0 aliphatic rings. The van der Waals surface area contributed by atoms with E-state index in [0.29, 0.717) is 23.2 Å². The molecule has 0 saturated carbocycles. The molecule has 0 radical (unpaired) electrons. The number of nitrogens with one attached hydrogen (secondary N) is 1. The van der Waals surface area contributed by atoms with Gasteiger partial charge in [0.05, 0.1) is 40.1 Å². The molecule has 0 unspecified atom stereocenters. The number of halogens is 6. The highest BCUT2D eigenvalue weighted by Gasteiger charge is 2.37. The Bertz CT molecular complexity index is 1900. The summed E-state index contributed by atoms with van der Waals surface area (Å²) in [6, 6.07) is 14.4. The molecule has 4 rings (SSSR count). The zero-order valence-corrected chi connectivity index (χ0v) is 27.2. The van der Waals surface area contributed by atoms with Crippen molar-refractivity contribution in [1.29, 1.82) is 0 Å². The summed E-state index contributed by atoms with van der Waals surface area (Å²) in [4.78, 5) is 29.8.